The third-order valence-corrected chi connectivity index (χ3v) is 2.91. The average Bonchev–Trinajstić information content (AvgIpc) is 2.39. The monoisotopic (exact) mass is 306 g/mol. The minimum Gasteiger partial charge on any atom is -0.473 e. The maximum atomic E-state index is 5.65. The summed E-state index contributed by atoms with van der Waals surface area (Å²) < 4.78 is 6.72. The first-order valence-corrected chi connectivity index (χ1v) is 6.65. The van der Waals surface area contributed by atoms with E-state index in [0.29, 0.717) is 12.5 Å². The number of pyridine rings is 1. The third kappa shape index (κ3) is 3.74. The molecule has 0 saturated heterocycles. The highest BCUT2D eigenvalue weighted by atomic mass is 79.9. The number of rotatable bonds is 5. The van der Waals surface area contributed by atoms with Crippen molar-refractivity contribution in [2.24, 2.45) is 0 Å². The molecule has 1 aromatic carbocycles. The molecule has 0 saturated carbocycles. The zero-order valence-corrected chi connectivity index (χ0v) is 11.8. The average molecular weight is 307 g/mol. The quantitative estimate of drug-likeness (QED) is 0.911. The van der Waals surface area contributed by atoms with E-state index in [-0.39, 0.29) is 0 Å². The van der Waals surface area contributed by atoms with Crippen molar-refractivity contribution in [1.82, 2.24) is 4.98 Å². The van der Waals surface area contributed by atoms with Crippen LogP contribution in [0.1, 0.15) is 12.5 Å². The predicted octanol–water partition coefficient (Wildman–Crippen LogP) is 3.85. The van der Waals surface area contributed by atoms with Gasteiger partial charge in [-0.25, -0.2) is 0 Å². The van der Waals surface area contributed by atoms with Crippen LogP contribution in [0.5, 0.6) is 5.88 Å². The van der Waals surface area contributed by atoms with E-state index in [9.17, 15) is 0 Å². The SMILES string of the molecule is CCNc1cccc(OCc2ccc(Br)cc2)n1. The van der Waals surface area contributed by atoms with Crippen molar-refractivity contribution in [1.29, 1.82) is 0 Å². The van der Waals surface area contributed by atoms with Gasteiger partial charge in [0.15, 0.2) is 0 Å². The summed E-state index contributed by atoms with van der Waals surface area (Å²) in [5, 5.41) is 3.16. The van der Waals surface area contributed by atoms with E-state index >= 15 is 0 Å². The standard InChI is InChI=1S/C14H15BrN2O/c1-2-16-13-4-3-5-14(17-13)18-10-11-6-8-12(15)9-7-11/h3-9H,2,10H2,1H3,(H,16,17). The maximum absolute atomic E-state index is 5.65. The van der Waals surface area contributed by atoms with E-state index in [4.69, 9.17) is 4.74 Å². The third-order valence-electron chi connectivity index (χ3n) is 2.38. The first kappa shape index (κ1) is 12.9. The van der Waals surface area contributed by atoms with Crippen LogP contribution in [0.4, 0.5) is 5.82 Å². The van der Waals surface area contributed by atoms with Crippen LogP contribution in [0.2, 0.25) is 0 Å². The molecule has 0 amide bonds. The van der Waals surface area contributed by atoms with Crippen molar-refractivity contribution < 1.29 is 4.74 Å². The van der Waals surface area contributed by atoms with Crippen LogP contribution >= 0.6 is 15.9 Å². The van der Waals surface area contributed by atoms with Crippen LogP contribution in [0.25, 0.3) is 0 Å². The lowest BCUT2D eigenvalue weighted by Gasteiger charge is -2.07. The largest absolute Gasteiger partial charge is 0.473 e. The molecule has 0 spiro atoms. The van der Waals surface area contributed by atoms with Gasteiger partial charge in [-0.1, -0.05) is 34.1 Å². The zero-order valence-electron chi connectivity index (χ0n) is 10.2. The maximum Gasteiger partial charge on any atom is 0.215 e. The fourth-order valence-corrected chi connectivity index (χ4v) is 1.78. The highest BCUT2D eigenvalue weighted by molar-refractivity contribution is 9.10. The number of aromatic nitrogens is 1. The van der Waals surface area contributed by atoms with Gasteiger partial charge in [0.25, 0.3) is 0 Å². The number of halogens is 1. The molecule has 94 valence electrons. The van der Waals surface area contributed by atoms with Gasteiger partial charge in [0.05, 0.1) is 0 Å². The summed E-state index contributed by atoms with van der Waals surface area (Å²) in [7, 11) is 0. The number of benzene rings is 1. The van der Waals surface area contributed by atoms with E-state index in [1.165, 1.54) is 0 Å². The fraction of sp³-hybridized carbons (Fsp3) is 0.214. The minimum atomic E-state index is 0.524. The number of hydrogen-bond acceptors (Lipinski definition) is 3. The second-order valence-electron chi connectivity index (χ2n) is 3.81. The number of anilines is 1. The molecule has 0 bridgehead atoms. The van der Waals surface area contributed by atoms with Crippen LogP contribution in [0, 0.1) is 0 Å². The molecule has 0 radical (unpaired) electrons. The Labute approximate surface area is 115 Å². The molecule has 1 aromatic heterocycles. The second-order valence-corrected chi connectivity index (χ2v) is 4.72. The molecular formula is C14H15BrN2O. The van der Waals surface area contributed by atoms with Gasteiger partial charge < -0.3 is 10.1 Å². The van der Waals surface area contributed by atoms with Crippen molar-refractivity contribution >= 4 is 21.7 Å². The van der Waals surface area contributed by atoms with Gasteiger partial charge in [-0.05, 0) is 30.7 Å². The van der Waals surface area contributed by atoms with Crippen LogP contribution < -0.4 is 10.1 Å². The molecule has 1 heterocycles. The molecule has 2 aromatic rings. The number of hydrogen-bond donors (Lipinski definition) is 1. The van der Waals surface area contributed by atoms with Crippen LogP contribution in [0.3, 0.4) is 0 Å². The second kappa shape index (κ2) is 6.40. The lowest BCUT2D eigenvalue weighted by Crippen LogP contribution is -2.01. The first-order valence-electron chi connectivity index (χ1n) is 5.86. The van der Waals surface area contributed by atoms with Crippen molar-refractivity contribution in [3.63, 3.8) is 0 Å². The van der Waals surface area contributed by atoms with Gasteiger partial charge in [-0.15, -0.1) is 0 Å². The van der Waals surface area contributed by atoms with E-state index in [0.717, 1.165) is 22.4 Å². The van der Waals surface area contributed by atoms with Crippen molar-refractivity contribution in [2.45, 2.75) is 13.5 Å². The molecule has 0 fully saturated rings. The lowest BCUT2D eigenvalue weighted by atomic mass is 10.2. The topological polar surface area (TPSA) is 34.1 Å². The Bertz CT molecular complexity index is 499. The van der Waals surface area contributed by atoms with Crippen LogP contribution in [-0.4, -0.2) is 11.5 Å². The summed E-state index contributed by atoms with van der Waals surface area (Å²) in [5.74, 6) is 1.47. The normalized spacial score (nSPS) is 10.1. The fourth-order valence-electron chi connectivity index (χ4n) is 1.51. The first-order chi connectivity index (χ1) is 8.78. The molecule has 0 aliphatic carbocycles. The van der Waals surface area contributed by atoms with Crippen molar-refractivity contribution in [3.05, 3.63) is 52.5 Å². The Balaban J connectivity index is 1.97. The smallest absolute Gasteiger partial charge is 0.215 e. The Hall–Kier alpha value is -1.55. The Kier molecular flexibility index (Phi) is 4.59. The Morgan fingerprint density at radius 2 is 1.94 bits per heavy atom. The van der Waals surface area contributed by atoms with Gasteiger partial charge in [0, 0.05) is 17.1 Å². The molecule has 0 aliphatic heterocycles. The van der Waals surface area contributed by atoms with E-state index in [2.05, 4.69) is 26.2 Å². The summed E-state index contributed by atoms with van der Waals surface area (Å²) >= 11 is 3.41. The summed E-state index contributed by atoms with van der Waals surface area (Å²) in [6.07, 6.45) is 0. The van der Waals surface area contributed by atoms with Crippen molar-refractivity contribution in [3.8, 4) is 5.88 Å². The molecule has 1 N–H and O–H groups in total. The molecule has 0 aliphatic rings. The lowest BCUT2D eigenvalue weighted by molar-refractivity contribution is 0.294. The summed E-state index contributed by atoms with van der Waals surface area (Å²) in [6, 6.07) is 13.8. The number of ether oxygens (including phenoxy) is 1. The number of nitrogens with one attached hydrogen (secondary N) is 1. The highest BCUT2D eigenvalue weighted by Crippen LogP contribution is 2.15. The van der Waals surface area contributed by atoms with Gasteiger partial charge in [0.1, 0.15) is 12.4 Å². The molecule has 18 heavy (non-hydrogen) atoms. The van der Waals surface area contributed by atoms with Crippen LogP contribution in [0.15, 0.2) is 46.9 Å². The Morgan fingerprint density at radius 1 is 1.17 bits per heavy atom. The van der Waals surface area contributed by atoms with Gasteiger partial charge in [-0.3, -0.25) is 0 Å². The molecule has 4 heteroatoms. The molecule has 0 atom stereocenters. The molecule has 3 nitrogen and oxygen atoms in total. The summed E-state index contributed by atoms with van der Waals surface area (Å²) in [5.41, 5.74) is 1.12. The predicted molar refractivity (Wildman–Crippen MR) is 76.9 cm³/mol. The highest BCUT2D eigenvalue weighted by Gasteiger charge is 1.99. The van der Waals surface area contributed by atoms with Crippen molar-refractivity contribution in [2.75, 3.05) is 11.9 Å². The van der Waals surface area contributed by atoms with Crippen LogP contribution in [-0.2, 0) is 6.61 Å². The molecule has 2 rings (SSSR count). The Morgan fingerprint density at radius 3 is 2.67 bits per heavy atom. The van der Waals surface area contributed by atoms with Gasteiger partial charge in [0.2, 0.25) is 5.88 Å². The van der Waals surface area contributed by atoms with E-state index in [1.54, 1.807) is 0 Å². The molecule has 0 unspecified atom stereocenters. The van der Waals surface area contributed by atoms with E-state index in [1.807, 2.05) is 49.4 Å². The molecular weight excluding hydrogens is 292 g/mol. The van der Waals surface area contributed by atoms with Gasteiger partial charge in [-0.2, -0.15) is 4.98 Å². The zero-order chi connectivity index (χ0) is 12.8. The van der Waals surface area contributed by atoms with E-state index < -0.39 is 0 Å². The summed E-state index contributed by atoms with van der Waals surface area (Å²) in [4.78, 5) is 4.35. The minimum absolute atomic E-state index is 0.524. The van der Waals surface area contributed by atoms with Gasteiger partial charge >= 0.3 is 0 Å². The number of nitrogens with zero attached hydrogens (tertiary/aromatic N) is 1. The summed E-state index contributed by atoms with van der Waals surface area (Å²) in [6.45, 7) is 3.41.